The Morgan fingerprint density at radius 2 is 1.70 bits per heavy atom. The average Bonchev–Trinajstić information content (AvgIpc) is 3.04. The number of anilines is 2. The van der Waals surface area contributed by atoms with Crippen LogP contribution in [-0.4, -0.2) is 18.4 Å². The van der Waals surface area contributed by atoms with Crippen LogP contribution in [0.4, 0.5) is 11.4 Å². The molecule has 0 spiro atoms. The third-order valence-electron chi connectivity index (χ3n) is 5.42. The summed E-state index contributed by atoms with van der Waals surface area (Å²) in [4.78, 5) is 28.3. The maximum absolute atomic E-state index is 13.6. The van der Waals surface area contributed by atoms with E-state index in [1.54, 1.807) is 30.3 Å². The molecule has 0 fully saturated rings. The van der Waals surface area contributed by atoms with Crippen LogP contribution >= 0.6 is 11.6 Å². The molecule has 3 aromatic carbocycles. The van der Waals surface area contributed by atoms with Gasteiger partial charge in [0.15, 0.2) is 0 Å². The Hall–Kier alpha value is -3.57. The van der Waals surface area contributed by atoms with E-state index in [0.29, 0.717) is 39.9 Å². The molecule has 0 unspecified atom stereocenters. The topological polar surface area (TPSA) is 58.6 Å². The minimum absolute atomic E-state index is 0.217. The molecule has 2 amide bonds. The van der Waals surface area contributed by atoms with Gasteiger partial charge in [-0.05, 0) is 73.4 Å². The molecule has 5 nitrogen and oxygen atoms in total. The van der Waals surface area contributed by atoms with E-state index in [-0.39, 0.29) is 11.6 Å². The first kappa shape index (κ1) is 22.6. The second-order valence-electron chi connectivity index (χ2n) is 7.99. The van der Waals surface area contributed by atoms with Crippen LogP contribution in [0.5, 0.6) is 5.75 Å². The second kappa shape index (κ2) is 9.51. The highest BCUT2D eigenvalue weighted by atomic mass is 35.5. The van der Waals surface area contributed by atoms with E-state index in [2.05, 4.69) is 5.32 Å². The number of carbonyl (C=O) groups is 2. The number of halogens is 1. The Morgan fingerprint density at radius 3 is 2.39 bits per heavy atom. The van der Waals surface area contributed by atoms with Gasteiger partial charge >= 0.3 is 0 Å². The van der Waals surface area contributed by atoms with E-state index in [9.17, 15) is 9.59 Å². The number of imide groups is 1. The molecule has 0 radical (unpaired) electrons. The molecule has 0 saturated heterocycles. The number of hydrogen-bond donors (Lipinski definition) is 1. The predicted octanol–water partition coefficient (Wildman–Crippen LogP) is 6.14. The van der Waals surface area contributed by atoms with Gasteiger partial charge in [-0.25, -0.2) is 4.90 Å². The monoisotopic (exact) mass is 460 g/mol. The minimum Gasteiger partial charge on any atom is -0.494 e. The molecule has 0 bridgehead atoms. The molecule has 33 heavy (non-hydrogen) atoms. The van der Waals surface area contributed by atoms with Crippen molar-refractivity contribution >= 4 is 40.4 Å². The van der Waals surface area contributed by atoms with Crippen molar-refractivity contribution in [3.63, 3.8) is 0 Å². The summed E-state index contributed by atoms with van der Waals surface area (Å²) < 4.78 is 5.67. The van der Waals surface area contributed by atoms with Gasteiger partial charge in [0.25, 0.3) is 11.8 Å². The molecule has 0 aromatic heterocycles. The lowest BCUT2D eigenvalue weighted by Crippen LogP contribution is -2.32. The van der Waals surface area contributed by atoms with E-state index >= 15 is 0 Å². The summed E-state index contributed by atoms with van der Waals surface area (Å²) in [6, 6.07) is 20.0. The van der Waals surface area contributed by atoms with E-state index < -0.39 is 5.91 Å². The molecule has 4 rings (SSSR count). The van der Waals surface area contributed by atoms with Gasteiger partial charge in [-0.2, -0.15) is 0 Å². The van der Waals surface area contributed by atoms with Crippen molar-refractivity contribution < 1.29 is 14.3 Å². The van der Waals surface area contributed by atoms with Crippen LogP contribution in [0.2, 0.25) is 5.02 Å². The number of rotatable bonds is 7. The van der Waals surface area contributed by atoms with Gasteiger partial charge in [-0.1, -0.05) is 48.9 Å². The summed E-state index contributed by atoms with van der Waals surface area (Å²) in [6.07, 6.45) is 0.901. The molecular weight excluding hydrogens is 436 g/mol. The highest BCUT2D eigenvalue weighted by Crippen LogP contribution is 2.35. The van der Waals surface area contributed by atoms with Crippen LogP contribution in [0.15, 0.2) is 72.4 Å². The van der Waals surface area contributed by atoms with Crippen molar-refractivity contribution in [2.75, 3.05) is 16.8 Å². The summed E-state index contributed by atoms with van der Waals surface area (Å²) in [6.45, 7) is 6.49. The zero-order valence-corrected chi connectivity index (χ0v) is 19.6. The lowest BCUT2D eigenvalue weighted by molar-refractivity contribution is -0.120. The maximum atomic E-state index is 13.6. The van der Waals surface area contributed by atoms with Gasteiger partial charge in [-0.15, -0.1) is 0 Å². The van der Waals surface area contributed by atoms with E-state index in [1.807, 2.05) is 57.2 Å². The Labute approximate surface area is 198 Å². The fourth-order valence-electron chi connectivity index (χ4n) is 3.72. The zero-order valence-electron chi connectivity index (χ0n) is 18.8. The summed E-state index contributed by atoms with van der Waals surface area (Å²) in [7, 11) is 0. The van der Waals surface area contributed by atoms with Crippen LogP contribution in [0.1, 0.15) is 30.0 Å². The Morgan fingerprint density at radius 1 is 0.939 bits per heavy atom. The Bertz CT molecular complexity index is 1250. The molecule has 168 valence electrons. The molecular formula is C27H25ClN2O3. The molecule has 0 atom stereocenters. The third kappa shape index (κ3) is 4.64. The summed E-state index contributed by atoms with van der Waals surface area (Å²) in [5, 5.41) is 3.73. The largest absolute Gasteiger partial charge is 0.494 e. The summed E-state index contributed by atoms with van der Waals surface area (Å²) >= 11 is 6.19. The lowest BCUT2D eigenvalue weighted by Gasteiger charge is -2.16. The molecule has 0 aliphatic carbocycles. The second-order valence-corrected chi connectivity index (χ2v) is 8.43. The average molecular weight is 461 g/mol. The molecule has 3 aromatic rings. The molecule has 6 heteroatoms. The van der Waals surface area contributed by atoms with Crippen LogP contribution in [0.3, 0.4) is 0 Å². The van der Waals surface area contributed by atoms with E-state index in [4.69, 9.17) is 16.3 Å². The van der Waals surface area contributed by atoms with Crippen molar-refractivity contribution in [1.82, 2.24) is 0 Å². The summed E-state index contributed by atoms with van der Waals surface area (Å²) in [5.41, 5.74) is 4.23. The van der Waals surface area contributed by atoms with Gasteiger partial charge in [0, 0.05) is 10.7 Å². The number of amides is 2. The zero-order chi connectivity index (χ0) is 23.5. The number of carbonyl (C=O) groups excluding carboxylic acids is 2. The quantitative estimate of drug-likeness (QED) is 0.430. The van der Waals surface area contributed by atoms with E-state index in [0.717, 1.165) is 17.5 Å². The first-order chi connectivity index (χ1) is 15.9. The number of hydrogen-bond acceptors (Lipinski definition) is 4. The highest BCUT2D eigenvalue weighted by molar-refractivity contribution is 6.46. The predicted molar refractivity (Wildman–Crippen MR) is 133 cm³/mol. The highest BCUT2D eigenvalue weighted by Gasteiger charge is 2.40. The minimum atomic E-state index is -0.411. The smallest absolute Gasteiger partial charge is 0.282 e. The normalized spacial score (nSPS) is 13.6. The standard InChI is InChI=1S/C27H25ClN2O3/c1-4-14-33-22-12-9-19(10-13-22)24-25(29-23-16-20(28)11-8-18(23)3)27(32)30(26(24)31)21-7-5-6-17(2)15-21/h5-13,15-16,29H,4,14H2,1-3H3. The molecule has 1 aliphatic rings. The molecule has 1 heterocycles. The van der Waals surface area contributed by atoms with Gasteiger partial charge in [0.1, 0.15) is 11.4 Å². The molecule has 1 aliphatic heterocycles. The van der Waals surface area contributed by atoms with Gasteiger partial charge in [-0.3, -0.25) is 9.59 Å². The lowest BCUT2D eigenvalue weighted by atomic mass is 10.0. The van der Waals surface area contributed by atoms with Crippen LogP contribution < -0.4 is 15.0 Å². The molecule has 0 saturated carbocycles. The number of aryl methyl sites for hydroxylation is 2. The first-order valence-corrected chi connectivity index (χ1v) is 11.2. The van der Waals surface area contributed by atoms with Crippen LogP contribution in [0, 0.1) is 13.8 Å². The molecule has 1 N–H and O–H groups in total. The third-order valence-corrected chi connectivity index (χ3v) is 5.65. The van der Waals surface area contributed by atoms with Crippen molar-refractivity contribution in [2.24, 2.45) is 0 Å². The van der Waals surface area contributed by atoms with E-state index in [1.165, 1.54) is 4.90 Å². The maximum Gasteiger partial charge on any atom is 0.282 e. The fraction of sp³-hybridized carbons (Fsp3) is 0.185. The SMILES string of the molecule is CCCOc1ccc(C2=C(Nc3cc(Cl)ccc3C)C(=O)N(c3cccc(C)c3)C2=O)cc1. The summed E-state index contributed by atoms with van der Waals surface area (Å²) in [5.74, 6) is -0.0741. The van der Waals surface area contributed by atoms with Crippen molar-refractivity contribution in [1.29, 1.82) is 0 Å². The fourth-order valence-corrected chi connectivity index (χ4v) is 3.89. The van der Waals surface area contributed by atoms with Gasteiger partial charge in [0.05, 0.1) is 17.9 Å². The Kier molecular flexibility index (Phi) is 6.52. The number of nitrogens with one attached hydrogen (secondary N) is 1. The van der Waals surface area contributed by atoms with Crippen molar-refractivity contribution in [3.05, 3.63) is 94.1 Å². The van der Waals surface area contributed by atoms with Crippen molar-refractivity contribution in [3.8, 4) is 5.75 Å². The van der Waals surface area contributed by atoms with Crippen molar-refractivity contribution in [2.45, 2.75) is 27.2 Å². The number of benzene rings is 3. The first-order valence-electron chi connectivity index (χ1n) is 10.8. The van der Waals surface area contributed by atoms with Gasteiger partial charge in [0.2, 0.25) is 0 Å². The van der Waals surface area contributed by atoms with Crippen LogP contribution in [-0.2, 0) is 9.59 Å². The van der Waals surface area contributed by atoms with Gasteiger partial charge < -0.3 is 10.1 Å². The van der Waals surface area contributed by atoms with Crippen LogP contribution in [0.25, 0.3) is 5.57 Å². The number of nitrogens with zero attached hydrogens (tertiary/aromatic N) is 1. The Balaban J connectivity index is 1.79. The number of ether oxygens (including phenoxy) is 1.